The molecule has 1 atom stereocenters. The van der Waals surface area contributed by atoms with Crippen LogP contribution in [0, 0.1) is 12.3 Å². The molecule has 3 heterocycles. The number of allylic oxidation sites excluding steroid dienone is 1. The van der Waals surface area contributed by atoms with Crippen LogP contribution in [-0.4, -0.2) is 45.4 Å². The average Bonchev–Trinajstić information content (AvgIpc) is 2.77. The average molecular weight is 404 g/mol. The molecule has 8 nitrogen and oxygen atoms in total. The summed E-state index contributed by atoms with van der Waals surface area (Å²) in [5.41, 5.74) is 2.94. The number of fused-ring (bicyclic) bond motifs is 1. The van der Waals surface area contributed by atoms with Gasteiger partial charge in [-0.1, -0.05) is 17.7 Å². The standard InChI is InChI=1S/C22H24N6O2/c1-15-4-6-17(7-5-15)28-10-2-3-16(14-28)25-12-18(11-23)30-22-26-20-13-24-9-8-19(20)21(29)27-22/h4-9,11-13,16,23,25H,2-3,10,14H2,1H3,(H,26,27,29)/b18-12+,23-11?. The molecule has 3 aromatic rings. The summed E-state index contributed by atoms with van der Waals surface area (Å²) >= 11 is 0. The van der Waals surface area contributed by atoms with E-state index in [2.05, 4.69) is 56.4 Å². The van der Waals surface area contributed by atoms with Crippen LogP contribution in [0.25, 0.3) is 10.9 Å². The summed E-state index contributed by atoms with van der Waals surface area (Å²) in [5, 5.41) is 21.5. The number of aromatic hydroxyl groups is 1. The van der Waals surface area contributed by atoms with Gasteiger partial charge in [0.2, 0.25) is 5.88 Å². The topological polar surface area (TPSA) is 107 Å². The predicted octanol–water partition coefficient (Wildman–Crippen LogP) is 3.17. The van der Waals surface area contributed by atoms with Crippen molar-refractivity contribution in [2.75, 3.05) is 18.0 Å². The molecule has 1 aliphatic heterocycles. The van der Waals surface area contributed by atoms with Gasteiger partial charge in [0.25, 0.3) is 0 Å². The summed E-state index contributed by atoms with van der Waals surface area (Å²) in [5.74, 6) is 0.0702. The molecule has 2 aromatic heterocycles. The number of aromatic nitrogens is 3. The fraction of sp³-hybridized carbons (Fsp3) is 0.273. The Labute approximate surface area is 174 Å². The minimum Gasteiger partial charge on any atom is -0.493 e. The largest absolute Gasteiger partial charge is 0.493 e. The number of nitrogens with zero attached hydrogens (tertiary/aromatic N) is 4. The van der Waals surface area contributed by atoms with E-state index < -0.39 is 0 Å². The van der Waals surface area contributed by atoms with Crippen molar-refractivity contribution in [3.05, 3.63) is 60.2 Å². The number of rotatable bonds is 6. The molecule has 154 valence electrons. The predicted molar refractivity (Wildman–Crippen MR) is 116 cm³/mol. The third-order valence-electron chi connectivity index (χ3n) is 5.09. The summed E-state index contributed by atoms with van der Waals surface area (Å²) in [4.78, 5) is 14.6. The Kier molecular flexibility index (Phi) is 5.74. The smallest absolute Gasteiger partial charge is 0.326 e. The van der Waals surface area contributed by atoms with E-state index in [1.54, 1.807) is 18.5 Å². The van der Waals surface area contributed by atoms with Crippen LogP contribution in [0.1, 0.15) is 18.4 Å². The van der Waals surface area contributed by atoms with Crippen molar-refractivity contribution in [1.29, 1.82) is 5.41 Å². The maximum atomic E-state index is 10.1. The first kappa shape index (κ1) is 19.6. The van der Waals surface area contributed by atoms with Gasteiger partial charge < -0.3 is 25.5 Å². The Morgan fingerprint density at radius 3 is 2.90 bits per heavy atom. The summed E-state index contributed by atoms with van der Waals surface area (Å²) in [7, 11) is 0. The molecule has 1 aliphatic rings. The van der Waals surface area contributed by atoms with Gasteiger partial charge >= 0.3 is 6.01 Å². The monoisotopic (exact) mass is 404 g/mol. The van der Waals surface area contributed by atoms with Gasteiger partial charge in [-0.25, -0.2) is 0 Å². The number of piperidine rings is 1. The fourth-order valence-corrected chi connectivity index (χ4v) is 3.50. The highest BCUT2D eigenvalue weighted by Crippen LogP contribution is 2.23. The molecule has 3 N–H and O–H groups in total. The Balaban J connectivity index is 1.43. The molecular weight excluding hydrogens is 380 g/mol. The van der Waals surface area contributed by atoms with Crippen LogP contribution < -0.4 is 15.0 Å². The summed E-state index contributed by atoms with van der Waals surface area (Å²) < 4.78 is 5.60. The van der Waals surface area contributed by atoms with Gasteiger partial charge in [0.15, 0.2) is 5.76 Å². The number of aryl methyl sites for hydroxylation is 1. The van der Waals surface area contributed by atoms with Crippen LogP contribution in [0.15, 0.2) is 54.7 Å². The lowest BCUT2D eigenvalue weighted by molar-refractivity contribution is 0.389. The summed E-state index contributed by atoms with van der Waals surface area (Å²) in [6.07, 6.45) is 7.93. The van der Waals surface area contributed by atoms with Crippen molar-refractivity contribution >= 4 is 22.8 Å². The molecular formula is C22H24N6O2. The molecule has 1 unspecified atom stereocenters. The zero-order valence-electron chi connectivity index (χ0n) is 16.7. The maximum absolute atomic E-state index is 10.1. The highest BCUT2D eigenvalue weighted by Gasteiger charge is 2.19. The van der Waals surface area contributed by atoms with Crippen molar-refractivity contribution in [3.8, 4) is 11.9 Å². The molecule has 0 spiro atoms. The van der Waals surface area contributed by atoms with Crippen LogP contribution in [0.5, 0.6) is 11.9 Å². The van der Waals surface area contributed by atoms with Crippen LogP contribution in [0.3, 0.4) is 0 Å². The van der Waals surface area contributed by atoms with E-state index in [0.717, 1.165) is 32.1 Å². The number of nitrogens with one attached hydrogen (secondary N) is 2. The summed E-state index contributed by atoms with van der Waals surface area (Å²) in [6.45, 7) is 3.98. The molecule has 0 amide bonds. The normalized spacial score (nSPS) is 17.0. The molecule has 8 heteroatoms. The third kappa shape index (κ3) is 4.48. The van der Waals surface area contributed by atoms with E-state index in [9.17, 15) is 5.11 Å². The van der Waals surface area contributed by atoms with Crippen molar-refractivity contribution < 1.29 is 9.84 Å². The van der Waals surface area contributed by atoms with Crippen LogP contribution in [0.4, 0.5) is 5.69 Å². The number of anilines is 1. The molecule has 1 aromatic carbocycles. The first-order valence-electron chi connectivity index (χ1n) is 9.89. The van der Waals surface area contributed by atoms with Crippen LogP contribution in [-0.2, 0) is 0 Å². The zero-order chi connectivity index (χ0) is 20.9. The first-order chi connectivity index (χ1) is 14.6. The minimum atomic E-state index is -0.185. The second-order valence-electron chi connectivity index (χ2n) is 7.30. The van der Waals surface area contributed by atoms with E-state index in [4.69, 9.17) is 10.1 Å². The lowest BCUT2D eigenvalue weighted by Crippen LogP contribution is -2.44. The first-order valence-corrected chi connectivity index (χ1v) is 9.89. The fourth-order valence-electron chi connectivity index (χ4n) is 3.50. The van der Waals surface area contributed by atoms with Crippen LogP contribution in [0.2, 0.25) is 0 Å². The molecule has 0 bridgehead atoms. The van der Waals surface area contributed by atoms with Gasteiger partial charge in [-0.05, 0) is 38.0 Å². The number of hydrogen-bond acceptors (Lipinski definition) is 8. The molecule has 30 heavy (non-hydrogen) atoms. The van der Waals surface area contributed by atoms with E-state index in [1.165, 1.54) is 17.4 Å². The molecule has 1 saturated heterocycles. The summed E-state index contributed by atoms with van der Waals surface area (Å²) in [6, 6.07) is 10.4. The van der Waals surface area contributed by atoms with Crippen molar-refractivity contribution in [2.45, 2.75) is 25.8 Å². The van der Waals surface area contributed by atoms with Gasteiger partial charge in [-0.3, -0.25) is 4.98 Å². The second kappa shape index (κ2) is 8.77. The molecule has 1 fully saturated rings. The Hall–Kier alpha value is -3.68. The highest BCUT2D eigenvalue weighted by molar-refractivity contribution is 5.82. The van der Waals surface area contributed by atoms with Gasteiger partial charge in [-0.2, -0.15) is 9.97 Å². The minimum absolute atomic E-state index is 0.0329. The maximum Gasteiger partial charge on any atom is 0.326 e. The molecule has 0 radical (unpaired) electrons. The third-order valence-corrected chi connectivity index (χ3v) is 5.09. The second-order valence-corrected chi connectivity index (χ2v) is 7.30. The SMILES string of the molecule is Cc1ccc(N2CCCC(N/C=C(\C=N)Oc3nc(O)c4ccncc4n3)C2)cc1. The highest BCUT2D eigenvalue weighted by atomic mass is 16.5. The molecule has 0 aliphatic carbocycles. The lowest BCUT2D eigenvalue weighted by Gasteiger charge is -2.34. The van der Waals surface area contributed by atoms with E-state index in [-0.39, 0.29) is 23.7 Å². The molecule has 4 rings (SSSR count). The number of pyridine rings is 1. The van der Waals surface area contributed by atoms with Gasteiger partial charge in [0, 0.05) is 37.2 Å². The van der Waals surface area contributed by atoms with E-state index in [0.29, 0.717) is 10.9 Å². The number of ether oxygens (including phenoxy) is 1. The number of benzene rings is 1. The van der Waals surface area contributed by atoms with Gasteiger partial charge in [-0.15, -0.1) is 0 Å². The number of hydrogen-bond donors (Lipinski definition) is 3. The zero-order valence-corrected chi connectivity index (χ0v) is 16.7. The Bertz CT molecular complexity index is 1070. The molecule has 0 saturated carbocycles. The van der Waals surface area contributed by atoms with Crippen molar-refractivity contribution in [3.63, 3.8) is 0 Å². The van der Waals surface area contributed by atoms with Gasteiger partial charge in [0.1, 0.15) is 0 Å². The van der Waals surface area contributed by atoms with E-state index in [1.807, 2.05) is 0 Å². The van der Waals surface area contributed by atoms with E-state index >= 15 is 0 Å². The lowest BCUT2D eigenvalue weighted by atomic mass is 10.0. The van der Waals surface area contributed by atoms with Crippen molar-refractivity contribution in [1.82, 2.24) is 20.3 Å². The van der Waals surface area contributed by atoms with Crippen LogP contribution >= 0.6 is 0 Å². The Morgan fingerprint density at radius 2 is 2.10 bits per heavy atom. The van der Waals surface area contributed by atoms with Gasteiger partial charge in [0.05, 0.1) is 23.3 Å². The quantitative estimate of drug-likeness (QED) is 0.428. The van der Waals surface area contributed by atoms with Crippen molar-refractivity contribution in [2.24, 2.45) is 0 Å². The Morgan fingerprint density at radius 1 is 1.27 bits per heavy atom.